The molecule has 0 bridgehead atoms. The molecule has 0 aromatic heterocycles. The minimum Gasteiger partial charge on any atom is -0.309 e. The summed E-state index contributed by atoms with van der Waals surface area (Å²) in [5, 5.41) is 14.0. The molecule has 1 aromatic carbocycles. The van der Waals surface area contributed by atoms with Crippen molar-refractivity contribution in [2.45, 2.75) is 25.4 Å². The van der Waals surface area contributed by atoms with Gasteiger partial charge in [0.1, 0.15) is 0 Å². The molecule has 1 saturated heterocycles. The molecular weight excluding hydrogens is 348 g/mol. The molecule has 1 fully saturated rings. The fourth-order valence-corrected chi connectivity index (χ4v) is 4.50. The number of nitrogens with one attached hydrogen (secondary N) is 1. The topological polar surface area (TPSA) is 89.3 Å². The molecular formula is C12H15BrN2O4S. The number of nitro benzene ring substituents is 1. The summed E-state index contributed by atoms with van der Waals surface area (Å²) in [5.41, 5.74) is 0.766. The van der Waals surface area contributed by atoms with E-state index in [-0.39, 0.29) is 23.2 Å². The summed E-state index contributed by atoms with van der Waals surface area (Å²) in [7, 11) is -2.95. The summed E-state index contributed by atoms with van der Waals surface area (Å²) in [5.74, 6) is 0.394. The zero-order chi connectivity index (χ0) is 14.8. The molecule has 1 unspecified atom stereocenters. The third kappa shape index (κ3) is 3.77. The summed E-state index contributed by atoms with van der Waals surface area (Å²) in [6.45, 7) is 0.405. The smallest absolute Gasteiger partial charge is 0.283 e. The van der Waals surface area contributed by atoms with Crippen LogP contribution in [0.4, 0.5) is 5.69 Å². The molecule has 0 radical (unpaired) electrons. The monoisotopic (exact) mass is 362 g/mol. The third-order valence-corrected chi connectivity index (χ3v) is 6.04. The molecule has 0 aliphatic carbocycles. The lowest BCUT2D eigenvalue weighted by Gasteiger charge is -2.23. The van der Waals surface area contributed by atoms with E-state index < -0.39 is 14.8 Å². The number of rotatable bonds is 4. The van der Waals surface area contributed by atoms with Crippen LogP contribution < -0.4 is 5.32 Å². The van der Waals surface area contributed by atoms with Crippen molar-refractivity contribution in [3.05, 3.63) is 38.3 Å². The van der Waals surface area contributed by atoms with Crippen LogP contribution in [-0.2, 0) is 16.4 Å². The second-order valence-electron chi connectivity index (χ2n) is 4.84. The van der Waals surface area contributed by atoms with Crippen molar-refractivity contribution in [1.82, 2.24) is 5.32 Å². The Morgan fingerprint density at radius 3 is 2.85 bits per heavy atom. The Hall–Kier alpha value is -0.990. The Kier molecular flexibility index (Phi) is 4.77. The molecule has 1 heterocycles. The van der Waals surface area contributed by atoms with Gasteiger partial charge in [-0.3, -0.25) is 10.1 Å². The minimum absolute atomic E-state index is 0.0144. The summed E-state index contributed by atoms with van der Waals surface area (Å²) in [6.07, 6.45) is 1.47. The Morgan fingerprint density at radius 1 is 1.45 bits per heavy atom. The van der Waals surface area contributed by atoms with Crippen molar-refractivity contribution in [2.24, 2.45) is 0 Å². The van der Waals surface area contributed by atoms with Crippen LogP contribution in [0.5, 0.6) is 0 Å². The SMILES string of the molecule is O=[N+]([O-])c1cccc(CNC2CCCS(=O)(=O)C2)c1Br. The number of sulfone groups is 1. The van der Waals surface area contributed by atoms with E-state index in [0.29, 0.717) is 17.4 Å². The molecule has 8 heteroatoms. The van der Waals surface area contributed by atoms with Gasteiger partial charge in [0, 0.05) is 18.7 Å². The predicted octanol–water partition coefficient (Wildman–Crippen LogP) is 2.02. The fourth-order valence-electron chi connectivity index (χ4n) is 2.28. The van der Waals surface area contributed by atoms with Crippen molar-refractivity contribution in [3.63, 3.8) is 0 Å². The van der Waals surface area contributed by atoms with E-state index >= 15 is 0 Å². The van der Waals surface area contributed by atoms with Crippen LogP contribution in [0.25, 0.3) is 0 Å². The molecule has 0 saturated carbocycles. The summed E-state index contributed by atoms with van der Waals surface area (Å²) in [6, 6.07) is 4.75. The molecule has 2 rings (SSSR count). The van der Waals surface area contributed by atoms with Crippen LogP contribution in [0.3, 0.4) is 0 Å². The average molecular weight is 363 g/mol. The zero-order valence-corrected chi connectivity index (χ0v) is 13.1. The maximum Gasteiger partial charge on any atom is 0.283 e. The van der Waals surface area contributed by atoms with Gasteiger partial charge in [0.25, 0.3) is 5.69 Å². The van der Waals surface area contributed by atoms with Crippen molar-refractivity contribution in [1.29, 1.82) is 0 Å². The molecule has 110 valence electrons. The van der Waals surface area contributed by atoms with Gasteiger partial charge < -0.3 is 5.32 Å². The first kappa shape index (κ1) is 15.4. The molecule has 1 aromatic rings. The second-order valence-corrected chi connectivity index (χ2v) is 7.86. The van der Waals surface area contributed by atoms with Gasteiger partial charge in [0.15, 0.2) is 9.84 Å². The first-order chi connectivity index (χ1) is 9.39. The van der Waals surface area contributed by atoms with E-state index in [1.807, 2.05) is 0 Å². The quantitative estimate of drug-likeness (QED) is 0.653. The largest absolute Gasteiger partial charge is 0.309 e. The molecule has 0 spiro atoms. The molecule has 1 N–H and O–H groups in total. The van der Waals surface area contributed by atoms with Gasteiger partial charge in [0.2, 0.25) is 0 Å². The van der Waals surface area contributed by atoms with Gasteiger partial charge in [-0.15, -0.1) is 0 Å². The van der Waals surface area contributed by atoms with Crippen LogP contribution in [0.15, 0.2) is 22.7 Å². The zero-order valence-electron chi connectivity index (χ0n) is 10.7. The number of hydrogen-bond donors (Lipinski definition) is 1. The Bertz CT molecular complexity index is 618. The first-order valence-corrected chi connectivity index (χ1v) is 8.86. The molecule has 6 nitrogen and oxygen atoms in total. The highest BCUT2D eigenvalue weighted by molar-refractivity contribution is 9.10. The highest BCUT2D eigenvalue weighted by Gasteiger charge is 2.24. The first-order valence-electron chi connectivity index (χ1n) is 6.24. The number of hydrogen-bond acceptors (Lipinski definition) is 5. The van der Waals surface area contributed by atoms with Crippen LogP contribution in [0.2, 0.25) is 0 Å². The van der Waals surface area contributed by atoms with Gasteiger partial charge in [-0.25, -0.2) is 8.42 Å². The molecule has 1 atom stereocenters. The Labute approximate surface area is 125 Å². The standard InChI is InChI=1S/C12H15BrN2O4S/c13-12-9(3-1-5-11(12)15(16)17)7-14-10-4-2-6-20(18,19)8-10/h1,3,5,10,14H,2,4,6-8H2. The van der Waals surface area contributed by atoms with Crippen LogP contribution in [0.1, 0.15) is 18.4 Å². The van der Waals surface area contributed by atoms with Gasteiger partial charge in [0.05, 0.1) is 20.9 Å². The van der Waals surface area contributed by atoms with Crippen LogP contribution >= 0.6 is 15.9 Å². The van der Waals surface area contributed by atoms with Gasteiger partial charge >= 0.3 is 0 Å². The van der Waals surface area contributed by atoms with E-state index in [2.05, 4.69) is 21.2 Å². The second kappa shape index (κ2) is 6.19. The average Bonchev–Trinajstić information content (AvgIpc) is 2.36. The fraction of sp³-hybridized carbons (Fsp3) is 0.500. The van der Waals surface area contributed by atoms with Crippen molar-refractivity contribution < 1.29 is 13.3 Å². The lowest BCUT2D eigenvalue weighted by Crippen LogP contribution is -2.39. The lowest BCUT2D eigenvalue weighted by molar-refractivity contribution is -0.385. The van der Waals surface area contributed by atoms with Crippen LogP contribution in [-0.4, -0.2) is 30.9 Å². The molecule has 1 aliphatic rings. The van der Waals surface area contributed by atoms with Gasteiger partial charge in [-0.05, 0) is 34.3 Å². The highest BCUT2D eigenvalue weighted by atomic mass is 79.9. The lowest BCUT2D eigenvalue weighted by atomic mass is 10.1. The van der Waals surface area contributed by atoms with E-state index in [1.54, 1.807) is 12.1 Å². The van der Waals surface area contributed by atoms with Crippen molar-refractivity contribution in [2.75, 3.05) is 11.5 Å². The summed E-state index contributed by atoms with van der Waals surface area (Å²) in [4.78, 5) is 10.4. The van der Waals surface area contributed by atoms with Crippen LogP contribution in [0, 0.1) is 10.1 Å². The molecule has 1 aliphatic heterocycles. The Balaban J connectivity index is 2.04. The van der Waals surface area contributed by atoms with E-state index in [4.69, 9.17) is 0 Å². The van der Waals surface area contributed by atoms with E-state index in [0.717, 1.165) is 12.0 Å². The number of nitrogens with zero attached hydrogens (tertiary/aromatic N) is 1. The maximum atomic E-state index is 11.5. The van der Waals surface area contributed by atoms with Gasteiger partial charge in [-0.1, -0.05) is 12.1 Å². The molecule has 20 heavy (non-hydrogen) atoms. The maximum absolute atomic E-state index is 11.5. The van der Waals surface area contributed by atoms with Crippen molar-refractivity contribution >= 4 is 31.5 Å². The van der Waals surface area contributed by atoms with Gasteiger partial charge in [-0.2, -0.15) is 0 Å². The molecule has 0 amide bonds. The summed E-state index contributed by atoms with van der Waals surface area (Å²) < 4.78 is 23.5. The highest BCUT2D eigenvalue weighted by Crippen LogP contribution is 2.28. The number of nitro groups is 1. The van der Waals surface area contributed by atoms with Crippen molar-refractivity contribution in [3.8, 4) is 0 Å². The van der Waals surface area contributed by atoms with E-state index in [1.165, 1.54) is 6.07 Å². The minimum atomic E-state index is -2.95. The van der Waals surface area contributed by atoms with E-state index in [9.17, 15) is 18.5 Å². The Morgan fingerprint density at radius 2 is 2.20 bits per heavy atom. The normalized spacial score (nSPS) is 21.6. The third-order valence-electron chi connectivity index (χ3n) is 3.30. The number of benzene rings is 1. The predicted molar refractivity (Wildman–Crippen MR) is 79.3 cm³/mol. The summed E-state index contributed by atoms with van der Waals surface area (Å²) >= 11 is 3.23. The number of halogens is 1.